The van der Waals surface area contributed by atoms with Crippen molar-refractivity contribution in [2.75, 3.05) is 25.1 Å². The van der Waals surface area contributed by atoms with E-state index >= 15 is 0 Å². The molecule has 0 aliphatic carbocycles. The molecule has 0 radical (unpaired) electrons. The van der Waals surface area contributed by atoms with Crippen molar-refractivity contribution in [2.45, 2.75) is 31.7 Å². The van der Waals surface area contributed by atoms with Crippen molar-refractivity contribution in [3.63, 3.8) is 0 Å². The number of nitrogens with one attached hydrogen (secondary N) is 1. The normalized spacial score (nSPS) is 16.3. The summed E-state index contributed by atoms with van der Waals surface area (Å²) < 4.78 is 11.0. The minimum Gasteiger partial charge on any atom is -0.497 e. The molecule has 1 N–H and O–H groups in total. The zero-order chi connectivity index (χ0) is 20.8. The van der Waals surface area contributed by atoms with Crippen LogP contribution in [0.1, 0.15) is 25.2 Å². The number of benzene rings is 1. The molecule has 0 bridgehead atoms. The molecule has 8 nitrogen and oxygen atoms in total. The monoisotopic (exact) mass is 407 g/mol. The first kappa shape index (κ1) is 19.9. The second kappa shape index (κ2) is 9.39. The van der Waals surface area contributed by atoms with E-state index < -0.39 is 0 Å². The zero-order valence-electron chi connectivity index (χ0n) is 17.0. The largest absolute Gasteiger partial charge is 0.497 e. The van der Waals surface area contributed by atoms with Crippen LogP contribution >= 0.6 is 0 Å². The van der Waals surface area contributed by atoms with Crippen LogP contribution in [0, 0.1) is 0 Å². The van der Waals surface area contributed by atoms with Crippen molar-refractivity contribution in [3.8, 4) is 17.1 Å². The molecule has 1 unspecified atom stereocenters. The van der Waals surface area contributed by atoms with Crippen LogP contribution in [0.3, 0.4) is 0 Å². The van der Waals surface area contributed by atoms with Crippen LogP contribution in [-0.4, -0.2) is 47.1 Å². The summed E-state index contributed by atoms with van der Waals surface area (Å²) in [6.45, 7) is 1.62. The van der Waals surface area contributed by atoms with Crippen molar-refractivity contribution in [1.82, 2.24) is 20.3 Å². The SMILES string of the molecule is COc1ccc(-c2cnc(CCC(=O)NC3CCCN(c4ncccn4)C3)o2)cc1. The first-order chi connectivity index (χ1) is 14.7. The molecule has 1 fully saturated rings. The quantitative estimate of drug-likeness (QED) is 0.644. The predicted molar refractivity (Wildman–Crippen MR) is 112 cm³/mol. The minimum atomic E-state index is 0.0000255. The second-order valence-electron chi connectivity index (χ2n) is 7.25. The Morgan fingerprint density at radius 3 is 2.80 bits per heavy atom. The highest BCUT2D eigenvalue weighted by Crippen LogP contribution is 2.23. The molecule has 1 aromatic carbocycles. The average Bonchev–Trinajstić information content (AvgIpc) is 3.28. The molecule has 1 atom stereocenters. The third-order valence-corrected chi connectivity index (χ3v) is 5.12. The highest BCUT2D eigenvalue weighted by Gasteiger charge is 2.23. The van der Waals surface area contributed by atoms with Gasteiger partial charge >= 0.3 is 0 Å². The van der Waals surface area contributed by atoms with Gasteiger partial charge < -0.3 is 19.4 Å². The summed E-state index contributed by atoms with van der Waals surface area (Å²) >= 11 is 0. The molecular formula is C22H25N5O3. The summed E-state index contributed by atoms with van der Waals surface area (Å²) in [6.07, 6.45) is 7.90. The van der Waals surface area contributed by atoms with E-state index in [4.69, 9.17) is 9.15 Å². The van der Waals surface area contributed by atoms with Crippen LogP contribution in [0.15, 0.2) is 53.3 Å². The molecule has 8 heteroatoms. The number of amides is 1. The lowest BCUT2D eigenvalue weighted by atomic mass is 10.1. The number of oxazole rings is 1. The van der Waals surface area contributed by atoms with E-state index in [1.54, 1.807) is 31.8 Å². The maximum absolute atomic E-state index is 12.4. The van der Waals surface area contributed by atoms with Gasteiger partial charge in [-0.05, 0) is 43.2 Å². The molecule has 3 heterocycles. The number of nitrogens with zero attached hydrogens (tertiary/aromatic N) is 4. The van der Waals surface area contributed by atoms with Crippen LogP contribution < -0.4 is 15.0 Å². The number of anilines is 1. The first-order valence-electron chi connectivity index (χ1n) is 10.1. The molecule has 3 aromatic rings. The minimum absolute atomic E-state index is 0.0000255. The van der Waals surface area contributed by atoms with Crippen molar-refractivity contribution in [2.24, 2.45) is 0 Å². The van der Waals surface area contributed by atoms with Crippen LogP contribution in [0.4, 0.5) is 5.95 Å². The van der Waals surface area contributed by atoms with Gasteiger partial charge in [-0.15, -0.1) is 0 Å². The maximum atomic E-state index is 12.4. The Labute approximate surface area is 175 Å². The smallest absolute Gasteiger partial charge is 0.225 e. The average molecular weight is 407 g/mol. The third-order valence-electron chi connectivity index (χ3n) is 5.12. The van der Waals surface area contributed by atoms with Crippen molar-refractivity contribution in [3.05, 3.63) is 54.8 Å². The van der Waals surface area contributed by atoms with E-state index in [9.17, 15) is 4.79 Å². The van der Waals surface area contributed by atoms with Crippen LogP contribution in [0.25, 0.3) is 11.3 Å². The predicted octanol–water partition coefficient (Wildman–Crippen LogP) is 2.86. The molecule has 156 valence electrons. The molecule has 1 saturated heterocycles. The fraction of sp³-hybridized carbons (Fsp3) is 0.364. The lowest BCUT2D eigenvalue weighted by Crippen LogP contribution is -2.48. The van der Waals surface area contributed by atoms with E-state index in [1.165, 1.54) is 0 Å². The molecule has 1 aliphatic heterocycles. The number of carbonyl (C=O) groups excluding carboxylic acids is 1. The van der Waals surface area contributed by atoms with E-state index in [1.807, 2.05) is 24.3 Å². The van der Waals surface area contributed by atoms with Gasteiger partial charge in [-0.3, -0.25) is 4.79 Å². The van der Waals surface area contributed by atoms with Crippen molar-refractivity contribution in [1.29, 1.82) is 0 Å². The Hall–Kier alpha value is -3.42. The molecule has 0 saturated carbocycles. The standard InChI is InChI=1S/C22H25N5O3/c1-29-18-7-5-16(6-8-18)19-14-25-21(30-19)10-9-20(28)26-17-4-2-13-27(15-17)22-23-11-3-12-24-22/h3,5-8,11-12,14,17H,2,4,9-10,13,15H2,1H3,(H,26,28). The number of methoxy groups -OCH3 is 1. The van der Waals surface area contributed by atoms with E-state index in [-0.39, 0.29) is 11.9 Å². The van der Waals surface area contributed by atoms with Crippen molar-refractivity contribution < 1.29 is 13.9 Å². The lowest BCUT2D eigenvalue weighted by Gasteiger charge is -2.33. The number of rotatable bonds is 7. The van der Waals surface area contributed by atoms with E-state index in [0.717, 1.165) is 37.2 Å². The van der Waals surface area contributed by atoms with Gasteiger partial charge in [0.15, 0.2) is 11.7 Å². The summed E-state index contributed by atoms with van der Waals surface area (Å²) in [5, 5.41) is 3.12. The van der Waals surface area contributed by atoms with Gasteiger partial charge in [-0.2, -0.15) is 0 Å². The molecule has 1 amide bonds. The summed E-state index contributed by atoms with van der Waals surface area (Å²) in [5.41, 5.74) is 0.921. The number of ether oxygens (including phenoxy) is 1. The third kappa shape index (κ3) is 4.94. The fourth-order valence-corrected chi connectivity index (χ4v) is 3.57. The Kier molecular flexibility index (Phi) is 6.22. The van der Waals surface area contributed by atoms with Gasteiger partial charge in [0.05, 0.1) is 13.3 Å². The molecular weight excluding hydrogens is 382 g/mol. The summed E-state index contributed by atoms with van der Waals surface area (Å²) in [7, 11) is 1.63. The number of piperidine rings is 1. The van der Waals surface area contributed by atoms with Crippen LogP contribution in [-0.2, 0) is 11.2 Å². The lowest BCUT2D eigenvalue weighted by molar-refractivity contribution is -0.121. The fourth-order valence-electron chi connectivity index (χ4n) is 3.57. The number of hydrogen-bond acceptors (Lipinski definition) is 7. The Bertz CT molecular complexity index is 958. The zero-order valence-corrected chi connectivity index (χ0v) is 17.0. The Balaban J connectivity index is 1.27. The topological polar surface area (TPSA) is 93.4 Å². The number of aromatic nitrogens is 3. The van der Waals surface area contributed by atoms with E-state index in [2.05, 4.69) is 25.2 Å². The maximum Gasteiger partial charge on any atom is 0.225 e. The Morgan fingerprint density at radius 1 is 1.23 bits per heavy atom. The summed E-state index contributed by atoms with van der Waals surface area (Å²) in [5.74, 6) is 2.73. The Morgan fingerprint density at radius 2 is 2.03 bits per heavy atom. The second-order valence-corrected chi connectivity index (χ2v) is 7.25. The molecule has 1 aliphatic rings. The molecule has 2 aromatic heterocycles. The van der Waals surface area contributed by atoms with Gasteiger partial charge in [0.2, 0.25) is 11.9 Å². The van der Waals surface area contributed by atoms with E-state index in [0.29, 0.717) is 30.4 Å². The highest BCUT2D eigenvalue weighted by atomic mass is 16.5. The number of aryl methyl sites for hydroxylation is 1. The summed E-state index contributed by atoms with van der Waals surface area (Å²) in [6, 6.07) is 9.48. The van der Waals surface area contributed by atoms with Gasteiger partial charge in [0.25, 0.3) is 0 Å². The van der Waals surface area contributed by atoms with Gasteiger partial charge in [0.1, 0.15) is 5.75 Å². The van der Waals surface area contributed by atoms with Gasteiger partial charge in [-0.1, -0.05) is 0 Å². The van der Waals surface area contributed by atoms with Gasteiger partial charge in [-0.25, -0.2) is 15.0 Å². The first-order valence-corrected chi connectivity index (χ1v) is 10.1. The summed E-state index contributed by atoms with van der Waals surface area (Å²) in [4.78, 5) is 27.5. The highest BCUT2D eigenvalue weighted by molar-refractivity contribution is 5.76. The molecule has 4 rings (SSSR count). The molecule has 0 spiro atoms. The van der Waals surface area contributed by atoms with Crippen molar-refractivity contribution >= 4 is 11.9 Å². The van der Waals surface area contributed by atoms with Crippen LogP contribution in [0.5, 0.6) is 5.75 Å². The molecule has 30 heavy (non-hydrogen) atoms. The number of hydrogen-bond donors (Lipinski definition) is 1. The van der Waals surface area contributed by atoms with Crippen LogP contribution in [0.2, 0.25) is 0 Å². The van der Waals surface area contributed by atoms with Gasteiger partial charge in [0, 0.05) is 49.9 Å². The number of carbonyl (C=O) groups is 1.